The summed E-state index contributed by atoms with van der Waals surface area (Å²) in [6.45, 7) is 6.52. The molecule has 0 spiro atoms. The van der Waals surface area contributed by atoms with Crippen molar-refractivity contribution in [2.45, 2.75) is 63.6 Å². The molecule has 1 saturated heterocycles. The largest absolute Gasteiger partial charge is 0.490 e. The van der Waals surface area contributed by atoms with Crippen molar-refractivity contribution in [3.63, 3.8) is 0 Å². The average Bonchev–Trinajstić information content (AvgIpc) is 3.43. The Morgan fingerprint density at radius 1 is 1.24 bits per heavy atom. The number of pyridine rings is 2. The number of carbonyl (C=O) groups excluding carboxylic acids is 1. The highest BCUT2D eigenvalue weighted by atomic mass is 19.3. The standard InChI is InChI=1S/C24H26F2N4O3/c1-14(2)33-17-9-20-28-18(24-8-7-23(3,12-24)32-13-24)11-30(20)10-15(17)22(31)29-19-6-4-5-16(27-19)21(25)26/h4-6,9-11,14,21H,7-8,12-13H2,1-3H3,(H,27,29,31)/t23-,24-/m1/s1. The van der Waals surface area contributed by atoms with Gasteiger partial charge in [-0.3, -0.25) is 4.79 Å². The van der Waals surface area contributed by atoms with Crippen LogP contribution in [0.4, 0.5) is 14.6 Å². The molecule has 3 aromatic rings. The second-order valence-corrected chi connectivity index (χ2v) is 9.51. The van der Waals surface area contributed by atoms with Crippen molar-refractivity contribution in [1.29, 1.82) is 0 Å². The zero-order valence-corrected chi connectivity index (χ0v) is 18.8. The monoisotopic (exact) mass is 456 g/mol. The molecule has 33 heavy (non-hydrogen) atoms. The van der Waals surface area contributed by atoms with Crippen molar-refractivity contribution in [2.75, 3.05) is 11.9 Å². The molecule has 1 saturated carbocycles. The van der Waals surface area contributed by atoms with Crippen LogP contribution in [0, 0.1) is 0 Å². The van der Waals surface area contributed by atoms with Gasteiger partial charge < -0.3 is 19.2 Å². The number of carbonyl (C=O) groups is 1. The van der Waals surface area contributed by atoms with E-state index in [9.17, 15) is 13.6 Å². The molecule has 3 aromatic heterocycles. The maximum absolute atomic E-state index is 13.1. The summed E-state index contributed by atoms with van der Waals surface area (Å²) < 4.78 is 39.7. The molecular formula is C24H26F2N4O3. The summed E-state index contributed by atoms with van der Waals surface area (Å²) >= 11 is 0. The number of aromatic nitrogens is 3. The average molecular weight is 456 g/mol. The van der Waals surface area contributed by atoms with E-state index >= 15 is 0 Å². The number of hydrogen-bond donors (Lipinski definition) is 1. The van der Waals surface area contributed by atoms with Crippen LogP contribution in [0.1, 0.15) is 68.2 Å². The predicted molar refractivity (Wildman–Crippen MR) is 118 cm³/mol. The summed E-state index contributed by atoms with van der Waals surface area (Å²) in [6, 6.07) is 5.85. The van der Waals surface area contributed by atoms with E-state index in [1.807, 2.05) is 24.4 Å². The fraction of sp³-hybridized carbons (Fsp3) is 0.458. The molecule has 174 valence electrons. The van der Waals surface area contributed by atoms with Gasteiger partial charge >= 0.3 is 0 Å². The maximum Gasteiger partial charge on any atom is 0.280 e. The Hall–Kier alpha value is -3.07. The molecular weight excluding hydrogens is 430 g/mol. The Labute approximate surface area is 190 Å². The van der Waals surface area contributed by atoms with Crippen LogP contribution < -0.4 is 10.1 Å². The van der Waals surface area contributed by atoms with Gasteiger partial charge in [0, 0.05) is 23.9 Å². The molecule has 1 aliphatic heterocycles. The first-order valence-electron chi connectivity index (χ1n) is 11.1. The normalized spacial score (nSPS) is 24.2. The summed E-state index contributed by atoms with van der Waals surface area (Å²) in [5, 5.41) is 2.61. The summed E-state index contributed by atoms with van der Waals surface area (Å²) in [7, 11) is 0. The van der Waals surface area contributed by atoms with Crippen LogP contribution in [0.3, 0.4) is 0 Å². The van der Waals surface area contributed by atoms with Crippen LogP contribution in [0.5, 0.6) is 5.75 Å². The van der Waals surface area contributed by atoms with E-state index < -0.39 is 18.0 Å². The predicted octanol–water partition coefficient (Wildman–Crippen LogP) is 4.92. The summed E-state index contributed by atoms with van der Waals surface area (Å²) in [5.41, 5.74) is 1.28. The van der Waals surface area contributed by atoms with Crippen LogP contribution in [0.2, 0.25) is 0 Å². The zero-order valence-electron chi connectivity index (χ0n) is 18.8. The number of imidazole rings is 1. The van der Waals surface area contributed by atoms with E-state index in [0.717, 1.165) is 25.0 Å². The van der Waals surface area contributed by atoms with Crippen LogP contribution in [0.15, 0.2) is 36.7 Å². The van der Waals surface area contributed by atoms with Gasteiger partial charge in [-0.05, 0) is 52.2 Å². The molecule has 1 N–H and O–H groups in total. The highest BCUT2D eigenvalue weighted by Crippen LogP contribution is 2.53. The molecule has 0 radical (unpaired) electrons. The Kier molecular flexibility index (Phi) is 5.12. The number of halogens is 2. The molecule has 0 aromatic carbocycles. The van der Waals surface area contributed by atoms with Gasteiger partial charge in [0.1, 0.15) is 22.9 Å². The summed E-state index contributed by atoms with van der Waals surface area (Å²) in [6.07, 6.45) is 3.66. The van der Waals surface area contributed by atoms with Gasteiger partial charge in [0.25, 0.3) is 12.3 Å². The fourth-order valence-corrected chi connectivity index (χ4v) is 4.87. The first-order valence-corrected chi connectivity index (χ1v) is 11.1. The van der Waals surface area contributed by atoms with Gasteiger partial charge in [0.2, 0.25) is 0 Å². The SMILES string of the molecule is CC(C)Oc1cc2nc([C@]34CC[C@](C)(C3)OC4)cn2cc1C(=O)Nc1cccc(C(F)F)n1. The van der Waals surface area contributed by atoms with Crippen molar-refractivity contribution < 1.29 is 23.0 Å². The number of anilines is 1. The summed E-state index contributed by atoms with van der Waals surface area (Å²) in [4.78, 5) is 21.8. The zero-order chi connectivity index (χ0) is 23.4. The quantitative estimate of drug-likeness (QED) is 0.570. The van der Waals surface area contributed by atoms with Crippen LogP contribution >= 0.6 is 0 Å². The van der Waals surface area contributed by atoms with E-state index in [-0.39, 0.29) is 28.5 Å². The minimum Gasteiger partial charge on any atom is -0.490 e. The number of nitrogens with zero attached hydrogens (tertiary/aromatic N) is 3. The maximum atomic E-state index is 13.1. The number of hydrogen-bond acceptors (Lipinski definition) is 5. The fourth-order valence-electron chi connectivity index (χ4n) is 4.87. The van der Waals surface area contributed by atoms with Gasteiger partial charge in [0.05, 0.1) is 29.6 Å². The lowest BCUT2D eigenvalue weighted by molar-refractivity contribution is -0.00627. The number of nitrogens with one attached hydrogen (secondary N) is 1. The highest BCUT2D eigenvalue weighted by Gasteiger charge is 2.55. The molecule has 2 aliphatic rings. The smallest absolute Gasteiger partial charge is 0.280 e. The Bertz CT molecular complexity index is 1220. The Balaban J connectivity index is 1.50. The van der Waals surface area contributed by atoms with E-state index in [2.05, 4.69) is 17.2 Å². The van der Waals surface area contributed by atoms with E-state index in [0.29, 0.717) is 18.0 Å². The molecule has 1 amide bonds. The number of fused-ring (bicyclic) bond motifs is 3. The summed E-state index contributed by atoms with van der Waals surface area (Å²) in [5.74, 6) is -0.0851. The number of rotatable bonds is 6. The van der Waals surface area contributed by atoms with E-state index in [4.69, 9.17) is 14.5 Å². The van der Waals surface area contributed by atoms with Crippen molar-refractivity contribution in [3.05, 3.63) is 53.6 Å². The van der Waals surface area contributed by atoms with Gasteiger partial charge in [-0.25, -0.2) is 18.7 Å². The van der Waals surface area contributed by atoms with Crippen LogP contribution in [-0.4, -0.2) is 38.6 Å². The lowest BCUT2D eigenvalue weighted by Gasteiger charge is -2.24. The van der Waals surface area contributed by atoms with Gasteiger partial charge in [0.15, 0.2) is 0 Å². The van der Waals surface area contributed by atoms with Gasteiger partial charge in [-0.1, -0.05) is 6.07 Å². The number of alkyl halides is 2. The molecule has 7 nitrogen and oxygen atoms in total. The van der Waals surface area contributed by atoms with E-state index in [1.165, 1.54) is 18.2 Å². The molecule has 2 bridgehead atoms. The van der Waals surface area contributed by atoms with Crippen LogP contribution in [0.25, 0.3) is 5.65 Å². The van der Waals surface area contributed by atoms with Gasteiger partial charge in [-0.2, -0.15) is 0 Å². The molecule has 5 rings (SSSR count). The Morgan fingerprint density at radius 3 is 2.70 bits per heavy atom. The number of amides is 1. The van der Waals surface area contributed by atoms with Crippen molar-refractivity contribution in [3.8, 4) is 5.75 Å². The lowest BCUT2D eigenvalue weighted by atomic mass is 9.84. The molecule has 2 fully saturated rings. The van der Waals surface area contributed by atoms with Crippen molar-refractivity contribution in [2.24, 2.45) is 0 Å². The number of ether oxygens (including phenoxy) is 2. The Morgan fingerprint density at radius 2 is 2.06 bits per heavy atom. The van der Waals surface area contributed by atoms with Crippen LogP contribution in [-0.2, 0) is 10.2 Å². The molecule has 2 atom stereocenters. The van der Waals surface area contributed by atoms with Crippen molar-refractivity contribution in [1.82, 2.24) is 14.4 Å². The second-order valence-electron chi connectivity index (χ2n) is 9.51. The van der Waals surface area contributed by atoms with E-state index in [1.54, 1.807) is 12.3 Å². The molecule has 4 heterocycles. The first-order chi connectivity index (χ1) is 15.7. The lowest BCUT2D eigenvalue weighted by Crippen LogP contribution is -2.26. The minimum atomic E-state index is -2.72. The first kappa shape index (κ1) is 21.8. The second kappa shape index (κ2) is 7.76. The molecule has 1 aliphatic carbocycles. The topological polar surface area (TPSA) is 77.8 Å². The third-order valence-electron chi connectivity index (χ3n) is 6.48. The minimum absolute atomic E-state index is 0.0481. The molecule has 0 unspecified atom stereocenters. The highest BCUT2D eigenvalue weighted by molar-refractivity contribution is 6.05. The molecule has 9 heteroatoms. The third kappa shape index (κ3) is 3.94. The third-order valence-corrected chi connectivity index (χ3v) is 6.48. The van der Waals surface area contributed by atoms with Gasteiger partial charge in [-0.15, -0.1) is 0 Å². The van der Waals surface area contributed by atoms with Crippen molar-refractivity contribution >= 4 is 17.4 Å².